The van der Waals surface area contributed by atoms with Crippen LogP contribution in [0.25, 0.3) is 50.4 Å². The number of fused-ring (bicyclic) bond motifs is 2. The van der Waals surface area contributed by atoms with E-state index in [0.29, 0.717) is 17.0 Å². The van der Waals surface area contributed by atoms with Crippen LogP contribution in [0.5, 0.6) is 0 Å². The van der Waals surface area contributed by atoms with Crippen molar-refractivity contribution in [2.45, 2.75) is 6.92 Å². The average molecular weight is 406 g/mol. The third-order valence-electron chi connectivity index (χ3n) is 4.85. The predicted molar refractivity (Wildman–Crippen MR) is 122 cm³/mol. The van der Waals surface area contributed by atoms with E-state index in [1.54, 1.807) is 37.1 Å². The van der Waals surface area contributed by atoms with E-state index < -0.39 is 0 Å². The van der Waals surface area contributed by atoms with Crippen molar-refractivity contribution in [3.63, 3.8) is 0 Å². The summed E-state index contributed by atoms with van der Waals surface area (Å²) in [5.41, 5.74) is 7.11. The molecule has 0 aromatic carbocycles. The van der Waals surface area contributed by atoms with Crippen LogP contribution in [0, 0.1) is 0 Å². The number of nitrogens with zero attached hydrogens (tertiary/aromatic N) is 6. The van der Waals surface area contributed by atoms with Gasteiger partial charge in [-0.15, -0.1) is 0 Å². The van der Waals surface area contributed by atoms with Gasteiger partial charge in [-0.05, 0) is 25.1 Å². The van der Waals surface area contributed by atoms with Crippen molar-refractivity contribution >= 4 is 34.0 Å². The molecule has 8 heteroatoms. The lowest BCUT2D eigenvalue weighted by atomic mass is 10.1. The molecule has 0 fully saturated rings. The summed E-state index contributed by atoms with van der Waals surface area (Å²) >= 11 is 0. The first-order valence-corrected chi connectivity index (χ1v) is 9.70. The molecule has 0 spiro atoms. The summed E-state index contributed by atoms with van der Waals surface area (Å²) in [6.07, 6.45) is 12.3. The van der Waals surface area contributed by atoms with Crippen LogP contribution in [-0.2, 0) is 0 Å². The maximum Gasteiger partial charge on any atom is 0.161 e. The van der Waals surface area contributed by atoms with Gasteiger partial charge in [0, 0.05) is 35.9 Å². The van der Waals surface area contributed by atoms with Gasteiger partial charge in [0.05, 0.1) is 28.6 Å². The fourth-order valence-electron chi connectivity index (χ4n) is 3.41. The zero-order valence-electron chi connectivity index (χ0n) is 16.7. The molecule has 0 unspecified atom stereocenters. The number of hydrogen-bond acceptors (Lipinski definition) is 6. The molecule has 0 amide bonds. The Bertz CT molecular complexity index is 1460. The molecular weight excluding hydrogens is 388 g/mol. The van der Waals surface area contributed by atoms with Gasteiger partial charge in [0.25, 0.3) is 0 Å². The molecule has 5 heterocycles. The van der Waals surface area contributed by atoms with E-state index in [4.69, 9.17) is 9.97 Å². The maximum absolute atomic E-state index is 4.82. The minimum atomic E-state index is 0.612. The van der Waals surface area contributed by atoms with Crippen LogP contribution < -0.4 is 0 Å². The van der Waals surface area contributed by atoms with Gasteiger partial charge in [-0.2, -0.15) is 5.10 Å². The number of H-pyrrole nitrogens is 2. The molecule has 0 aliphatic carbocycles. The van der Waals surface area contributed by atoms with Crippen LogP contribution in [-0.4, -0.2) is 41.3 Å². The number of rotatable bonds is 5. The van der Waals surface area contributed by atoms with Gasteiger partial charge in [-0.25, -0.2) is 9.97 Å². The molecule has 0 aliphatic rings. The van der Waals surface area contributed by atoms with Gasteiger partial charge in [-0.3, -0.25) is 20.1 Å². The second kappa shape index (κ2) is 7.75. The Morgan fingerprint density at radius 1 is 1.03 bits per heavy atom. The summed E-state index contributed by atoms with van der Waals surface area (Å²) in [4.78, 5) is 25.9. The zero-order valence-corrected chi connectivity index (χ0v) is 16.7. The fraction of sp³-hybridized carbons (Fsp3) is 0.0435. The fourth-order valence-corrected chi connectivity index (χ4v) is 3.41. The molecule has 0 bridgehead atoms. The summed E-state index contributed by atoms with van der Waals surface area (Å²) in [5.74, 6) is 0.612. The Morgan fingerprint density at radius 3 is 2.77 bits per heavy atom. The number of pyridine rings is 3. The van der Waals surface area contributed by atoms with E-state index in [1.165, 1.54) is 0 Å². The molecule has 150 valence electrons. The van der Waals surface area contributed by atoms with Crippen molar-refractivity contribution in [2.75, 3.05) is 0 Å². The predicted octanol–water partition coefficient (Wildman–Crippen LogP) is 4.58. The maximum atomic E-state index is 4.82. The van der Waals surface area contributed by atoms with Gasteiger partial charge in [0.15, 0.2) is 11.5 Å². The van der Waals surface area contributed by atoms with Crippen molar-refractivity contribution < 1.29 is 0 Å². The van der Waals surface area contributed by atoms with E-state index in [0.717, 1.165) is 39.1 Å². The Balaban J connectivity index is 1.65. The van der Waals surface area contributed by atoms with Crippen LogP contribution in [0.3, 0.4) is 0 Å². The number of aromatic amines is 2. The van der Waals surface area contributed by atoms with Crippen LogP contribution in [0.4, 0.5) is 0 Å². The molecule has 5 aromatic rings. The molecular formula is C23H18N8. The first kappa shape index (κ1) is 18.6. The van der Waals surface area contributed by atoms with Crippen LogP contribution in [0.2, 0.25) is 0 Å². The van der Waals surface area contributed by atoms with E-state index in [1.807, 2.05) is 37.3 Å². The number of nitrogens with one attached hydrogen (secondary N) is 2. The molecule has 5 rings (SSSR count). The lowest BCUT2D eigenvalue weighted by Crippen LogP contribution is -1.89. The van der Waals surface area contributed by atoms with Gasteiger partial charge in [0.1, 0.15) is 11.0 Å². The lowest BCUT2D eigenvalue weighted by Gasteiger charge is -2.01. The van der Waals surface area contributed by atoms with Gasteiger partial charge in [-0.1, -0.05) is 24.8 Å². The quantitative estimate of drug-likeness (QED) is 0.416. The summed E-state index contributed by atoms with van der Waals surface area (Å²) in [6, 6.07) is 7.72. The molecule has 0 atom stereocenters. The molecule has 2 N–H and O–H groups in total. The van der Waals surface area contributed by atoms with E-state index in [-0.39, 0.29) is 0 Å². The van der Waals surface area contributed by atoms with E-state index in [2.05, 4.69) is 36.7 Å². The van der Waals surface area contributed by atoms with Crippen molar-refractivity contribution in [2.24, 2.45) is 4.99 Å². The van der Waals surface area contributed by atoms with Crippen molar-refractivity contribution in [3.8, 4) is 22.6 Å². The first-order valence-electron chi connectivity index (χ1n) is 9.70. The highest BCUT2D eigenvalue weighted by molar-refractivity contribution is 5.95. The zero-order chi connectivity index (χ0) is 21.2. The summed E-state index contributed by atoms with van der Waals surface area (Å²) in [6.45, 7) is 5.59. The number of aromatic nitrogens is 7. The number of imidazole rings is 1. The van der Waals surface area contributed by atoms with Crippen LogP contribution in [0.15, 0.2) is 72.8 Å². The standard InChI is InChI=1S/C23H18N8/c1-3-9-26-16(4-2)17-7-8-18-21(27-17)22(31-30-18)23-28-19-13-25-12-15(20(19)29-23)14-6-5-10-24-11-14/h3-13H,1H2,2H3,(H,28,29)(H,30,31)/b16-4-,26-9?. The molecule has 0 saturated heterocycles. The van der Waals surface area contributed by atoms with E-state index in [9.17, 15) is 0 Å². The first-order chi connectivity index (χ1) is 15.3. The second-order valence-corrected chi connectivity index (χ2v) is 6.76. The molecule has 8 nitrogen and oxygen atoms in total. The van der Waals surface area contributed by atoms with Gasteiger partial charge in [0.2, 0.25) is 0 Å². The lowest BCUT2D eigenvalue weighted by molar-refractivity contribution is 1.10. The molecule has 31 heavy (non-hydrogen) atoms. The summed E-state index contributed by atoms with van der Waals surface area (Å²) < 4.78 is 0. The van der Waals surface area contributed by atoms with Crippen molar-refractivity contribution in [3.05, 3.63) is 73.5 Å². The third-order valence-corrected chi connectivity index (χ3v) is 4.85. The number of hydrogen-bond donors (Lipinski definition) is 2. The highest BCUT2D eigenvalue weighted by Crippen LogP contribution is 2.30. The minimum absolute atomic E-state index is 0.612. The number of allylic oxidation sites excluding steroid dienone is 2. The average Bonchev–Trinajstić information content (AvgIpc) is 3.43. The third kappa shape index (κ3) is 3.29. The largest absolute Gasteiger partial charge is 0.335 e. The number of aliphatic imine (C=N–C) groups is 1. The monoisotopic (exact) mass is 406 g/mol. The van der Waals surface area contributed by atoms with Crippen molar-refractivity contribution in [1.82, 2.24) is 35.1 Å². The highest BCUT2D eigenvalue weighted by atomic mass is 15.2. The Kier molecular flexibility index (Phi) is 4.64. The minimum Gasteiger partial charge on any atom is -0.335 e. The van der Waals surface area contributed by atoms with E-state index >= 15 is 0 Å². The van der Waals surface area contributed by atoms with Crippen molar-refractivity contribution in [1.29, 1.82) is 0 Å². The highest BCUT2D eigenvalue weighted by Gasteiger charge is 2.17. The molecule has 0 aliphatic heterocycles. The van der Waals surface area contributed by atoms with Gasteiger partial charge < -0.3 is 4.98 Å². The Labute approximate surface area is 177 Å². The second-order valence-electron chi connectivity index (χ2n) is 6.76. The van der Waals surface area contributed by atoms with Crippen LogP contribution >= 0.6 is 0 Å². The SMILES string of the molecule is C=CC=N/C(=C\C)c1ccc2[nH]nc(-c3nc4c(-c5cccnc5)cncc4[nH]3)c2n1. The Morgan fingerprint density at radius 2 is 1.97 bits per heavy atom. The molecule has 5 aromatic heterocycles. The normalized spacial score (nSPS) is 12.2. The smallest absolute Gasteiger partial charge is 0.161 e. The summed E-state index contributed by atoms with van der Waals surface area (Å²) in [5, 5.41) is 7.50. The topological polar surface area (TPSA) is 108 Å². The van der Waals surface area contributed by atoms with Gasteiger partial charge >= 0.3 is 0 Å². The summed E-state index contributed by atoms with van der Waals surface area (Å²) in [7, 11) is 0. The molecule has 0 saturated carbocycles. The van der Waals surface area contributed by atoms with Crippen LogP contribution in [0.1, 0.15) is 12.6 Å². The molecule has 0 radical (unpaired) electrons. The Hall–Kier alpha value is -4.46.